The second-order valence-electron chi connectivity index (χ2n) is 7.49. The van der Waals surface area contributed by atoms with Gasteiger partial charge in [0, 0.05) is 6.54 Å². The van der Waals surface area contributed by atoms with E-state index in [0.29, 0.717) is 11.1 Å². The fourth-order valence-corrected chi connectivity index (χ4v) is 5.40. The van der Waals surface area contributed by atoms with Crippen LogP contribution in [0, 0.1) is 30.1 Å². The minimum Gasteiger partial charge on any atom is -0.394 e. The van der Waals surface area contributed by atoms with Crippen molar-refractivity contribution in [3.8, 4) is 0 Å². The normalized spacial score (nSPS) is 38.1. The van der Waals surface area contributed by atoms with E-state index in [4.69, 9.17) is 5.73 Å². The number of aryl methyl sites for hydroxylation is 1. The average molecular weight is 272 g/mol. The largest absolute Gasteiger partial charge is 0.394 e. The molecule has 0 amide bonds. The zero-order valence-corrected chi connectivity index (χ0v) is 12.2. The van der Waals surface area contributed by atoms with Gasteiger partial charge in [0.25, 0.3) is 0 Å². The van der Waals surface area contributed by atoms with Crippen LogP contribution in [0.25, 0.3) is 0 Å². The van der Waals surface area contributed by atoms with Crippen LogP contribution in [0.2, 0.25) is 0 Å². The highest BCUT2D eigenvalue weighted by Crippen LogP contribution is 2.59. The first kappa shape index (κ1) is 12.4. The molecule has 4 aliphatic rings. The van der Waals surface area contributed by atoms with Crippen LogP contribution >= 0.6 is 0 Å². The van der Waals surface area contributed by atoms with Crippen molar-refractivity contribution in [1.82, 2.24) is 9.97 Å². The van der Waals surface area contributed by atoms with E-state index >= 15 is 0 Å². The van der Waals surface area contributed by atoms with Gasteiger partial charge in [0.15, 0.2) is 5.82 Å². The topological polar surface area (TPSA) is 63.8 Å². The first-order valence-electron chi connectivity index (χ1n) is 7.94. The fourth-order valence-electron chi connectivity index (χ4n) is 5.40. The molecule has 4 heteroatoms. The van der Waals surface area contributed by atoms with Crippen molar-refractivity contribution in [2.75, 3.05) is 17.6 Å². The van der Waals surface area contributed by atoms with E-state index in [0.717, 1.165) is 35.8 Å². The summed E-state index contributed by atoms with van der Waals surface area (Å²) in [4.78, 5) is 8.45. The van der Waals surface area contributed by atoms with Crippen molar-refractivity contribution in [2.24, 2.45) is 23.2 Å². The first-order chi connectivity index (χ1) is 9.63. The van der Waals surface area contributed by atoms with Crippen LogP contribution in [0.4, 0.5) is 11.5 Å². The number of nitrogens with one attached hydrogen (secondary N) is 1. The van der Waals surface area contributed by atoms with Gasteiger partial charge in [-0.1, -0.05) is 0 Å². The second kappa shape index (κ2) is 4.34. The van der Waals surface area contributed by atoms with Crippen LogP contribution in [0.15, 0.2) is 6.33 Å². The summed E-state index contributed by atoms with van der Waals surface area (Å²) in [7, 11) is 0. The van der Waals surface area contributed by atoms with Gasteiger partial charge in [-0.25, -0.2) is 9.97 Å². The van der Waals surface area contributed by atoms with E-state index in [1.54, 1.807) is 6.33 Å². The third-order valence-corrected chi connectivity index (χ3v) is 5.88. The van der Waals surface area contributed by atoms with Gasteiger partial charge in [-0.3, -0.25) is 0 Å². The molecule has 0 saturated heterocycles. The van der Waals surface area contributed by atoms with E-state index in [2.05, 4.69) is 15.3 Å². The Kier molecular flexibility index (Phi) is 2.69. The van der Waals surface area contributed by atoms with Gasteiger partial charge in [-0.05, 0) is 68.6 Å². The lowest BCUT2D eigenvalue weighted by Gasteiger charge is -2.57. The molecule has 0 unspecified atom stereocenters. The smallest absolute Gasteiger partial charge is 0.152 e. The average Bonchev–Trinajstić information content (AvgIpc) is 2.39. The molecule has 4 nitrogen and oxygen atoms in total. The van der Waals surface area contributed by atoms with Crippen molar-refractivity contribution in [3.05, 3.63) is 12.0 Å². The fraction of sp³-hybridized carbons (Fsp3) is 0.750. The van der Waals surface area contributed by atoms with E-state index in [1.807, 2.05) is 6.92 Å². The summed E-state index contributed by atoms with van der Waals surface area (Å²) in [5.74, 6) is 3.81. The van der Waals surface area contributed by atoms with Crippen molar-refractivity contribution < 1.29 is 0 Å². The Balaban J connectivity index is 1.50. The van der Waals surface area contributed by atoms with Crippen LogP contribution in [-0.4, -0.2) is 16.5 Å². The number of nitrogen functional groups attached to an aromatic ring is 1. The maximum Gasteiger partial charge on any atom is 0.152 e. The molecule has 5 rings (SSSR count). The predicted octanol–water partition coefficient (Wildman–Crippen LogP) is 3.00. The van der Waals surface area contributed by atoms with Crippen molar-refractivity contribution >= 4 is 11.5 Å². The molecule has 0 aromatic carbocycles. The summed E-state index contributed by atoms with van der Waals surface area (Å²) in [5.41, 5.74) is 8.16. The number of anilines is 2. The summed E-state index contributed by atoms with van der Waals surface area (Å²) in [6.07, 6.45) is 10.3. The van der Waals surface area contributed by atoms with E-state index in [9.17, 15) is 0 Å². The van der Waals surface area contributed by atoms with Crippen molar-refractivity contribution in [3.63, 3.8) is 0 Å². The lowest BCUT2D eigenvalue weighted by atomic mass is 9.49. The van der Waals surface area contributed by atoms with Crippen molar-refractivity contribution in [1.29, 1.82) is 0 Å². The molecule has 4 aliphatic carbocycles. The van der Waals surface area contributed by atoms with Crippen LogP contribution in [0.3, 0.4) is 0 Å². The highest BCUT2D eigenvalue weighted by molar-refractivity contribution is 5.63. The molecule has 0 atom stereocenters. The van der Waals surface area contributed by atoms with E-state index in [1.165, 1.54) is 38.5 Å². The summed E-state index contributed by atoms with van der Waals surface area (Å²) < 4.78 is 0. The monoisotopic (exact) mass is 272 g/mol. The molecule has 20 heavy (non-hydrogen) atoms. The minimum atomic E-state index is 0.514. The molecule has 1 heterocycles. The predicted molar refractivity (Wildman–Crippen MR) is 80.3 cm³/mol. The molecule has 4 saturated carbocycles. The molecule has 0 radical (unpaired) electrons. The van der Waals surface area contributed by atoms with Crippen LogP contribution in [-0.2, 0) is 0 Å². The summed E-state index contributed by atoms with van der Waals surface area (Å²) in [5, 5.41) is 3.53. The lowest BCUT2D eigenvalue weighted by Crippen LogP contribution is -2.49. The Morgan fingerprint density at radius 1 is 1.15 bits per heavy atom. The van der Waals surface area contributed by atoms with Crippen molar-refractivity contribution in [2.45, 2.75) is 45.4 Å². The molecular weight excluding hydrogens is 248 g/mol. The maximum atomic E-state index is 6.07. The molecular formula is C16H24N4. The SMILES string of the molecule is Cc1ncnc(NCC23CC4CC(CC(C4)C2)C3)c1N. The Hall–Kier alpha value is -1.32. The highest BCUT2D eigenvalue weighted by atomic mass is 15.0. The number of hydrogen-bond acceptors (Lipinski definition) is 4. The van der Waals surface area contributed by atoms with Gasteiger partial charge in [-0.2, -0.15) is 0 Å². The Morgan fingerprint density at radius 2 is 1.75 bits per heavy atom. The Bertz CT molecular complexity index is 490. The molecule has 1 aromatic heterocycles. The Labute approximate surface area is 120 Å². The molecule has 0 aliphatic heterocycles. The molecule has 4 fully saturated rings. The minimum absolute atomic E-state index is 0.514. The molecule has 4 bridgehead atoms. The van der Waals surface area contributed by atoms with Crippen LogP contribution in [0.1, 0.15) is 44.2 Å². The number of nitrogens with two attached hydrogens (primary N) is 1. The third-order valence-electron chi connectivity index (χ3n) is 5.88. The van der Waals surface area contributed by atoms with Gasteiger partial charge in [-0.15, -0.1) is 0 Å². The van der Waals surface area contributed by atoms with E-state index in [-0.39, 0.29) is 0 Å². The summed E-state index contributed by atoms with van der Waals surface area (Å²) in [6, 6.07) is 0. The number of nitrogens with zero attached hydrogens (tertiary/aromatic N) is 2. The standard InChI is InChI=1S/C16H24N4/c1-10-14(17)15(20-9-19-10)18-8-16-5-11-2-12(6-16)4-13(3-11)7-16/h9,11-13H,2-8,17H2,1H3,(H,18,19,20). The lowest BCUT2D eigenvalue weighted by molar-refractivity contribution is -0.0444. The molecule has 108 valence electrons. The van der Waals surface area contributed by atoms with Gasteiger partial charge in [0.1, 0.15) is 6.33 Å². The van der Waals surface area contributed by atoms with Crippen LogP contribution in [0.5, 0.6) is 0 Å². The van der Waals surface area contributed by atoms with Gasteiger partial charge in [0.2, 0.25) is 0 Å². The molecule has 1 aromatic rings. The molecule has 3 N–H and O–H groups in total. The highest BCUT2D eigenvalue weighted by Gasteiger charge is 2.50. The van der Waals surface area contributed by atoms with Gasteiger partial charge >= 0.3 is 0 Å². The maximum absolute atomic E-state index is 6.07. The van der Waals surface area contributed by atoms with Crippen LogP contribution < -0.4 is 11.1 Å². The summed E-state index contributed by atoms with van der Waals surface area (Å²) >= 11 is 0. The van der Waals surface area contributed by atoms with Gasteiger partial charge in [0.05, 0.1) is 11.4 Å². The summed E-state index contributed by atoms with van der Waals surface area (Å²) in [6.45, 7) is 2.98. The number of aromatic nitrogens is 2. The number of rotatable bonds is 3. The number of hydrogen-bond donors (Lipinski definition) is 2. The molecule has 0 spiro atoms. The third kappa shape index (κ3) is 1.97. The zero-order chi connectivity index (χ0) is 13.7. The van der Waals surface area contributed by atoms with Gasteiger partial charge < -0.3 is 11.1 Å². The zero-order valence-electron chi connectivity index (χ0n) is 12.2. The van der Waals surface area contributed by atoms with E-state index < -0.39 is 0 Å². The second-order valence-corrected chi connectivity index (χ2v) is 7.49. The Morgan fingerprint density at radius 3 is 2.35 bits per heavy atom. The quantitative estimate of drug-likeness (QED) is 0.888. The first-order valence-corrected chi connectivity index (χ1v) is 7.94.